The molecule has 0 aromatic rings. The van der Waals surface area contributed by atoms with Gasteiger partial charge in [-0.3, -0.25) is 14.4 Å². The lowest BCUT2D eigenvalue weighted by molar-refractivity contribution is -0.304. The molecule has 1 aliphatic carbocycles. The van der Waals surface area contributed by atoms with E-state index in [4.69, 9.17) is 28.4 Å². The largest absolute Gasteiger partial charge is 0.462 e. The minimum absolute atomic E-state index is 0.0498. The zero-order chi connectivity index (χ0) is 28.4. The van der Waals surface area contributed by atoms with Gasteiger partial charge in [-0.2, -0.15) is 0 Å². The predicted molar refractivity (Wildman–Crippen MR) is 126 cm³/mol. The molecule has 13 nitrogen and oxygen atoms in total. The average molecular weight is 547 g/mol. The molecule has 2 heterocycles. The number of hydrogen-bond acceptors (Lipinski definition) is 13. The predicted octanol–water partition coefficient (Wildman–Crippen LogP) is -0.478. The summed E-state index contributed by atoms with van der Waals surface area (Å²) in [6.07, 6.45) is -7.49. The van der Waals surface area contributed by atoms with Crippen LogP contribution in [0.3, 0.4) is 0 Å². The molecule has 0 spiro atoms. The molecule has 0 bridgehead atoms. The highest BCUT2D eigenvalue weighted by Crippen LogP contribution is 2.49. The first-order valence-corrected chi connectivity index (χ1v) is 12.6. The molecule has 4 N–H and O–H groups in total. The fourth-order valence-electron chi connectivity index (χ4n) is 5.18. The van der Waals surface area contributed by atoms with Crippen LogP contribution in [0.2, 0.25) is 0 Å². The van der Waals surface area contributed by atoms with Crippen LogP contribution in [0.25, 0.3) is 0 Å². The van der Waals surface area contributed by atoms with Gasteiger partial charge in [0, 0.05) is 26.2 Å². The lowest BCUT2D eigenvalue weighted by atomic mass is 9.81. The van der Waals surface area contributed by atoms with Crippen LogP contribution < -0.4 is 0 Å². The van der Waals surface area contributed by atoms with Gasteiger partial charge in [0.05, 0.1) is 37.1 Å². The molecule has 2 aliphatic heterocycles. The third kappa shape index (κ3) is 6.64. The van der Waals surface area contributed by atoms with E-state index >= 15 is 0 Å². The number of fused-ring (bicyclic) bond motifs is 1. The third-order valence-corrected chi connectivity index (χ3v) is 7.02. The Morgan fingerprint density at radius 3 is 2.29 bits per heavy atom. The Hall–Kier alpha value is -2.29. The molecule has 38 heavy (non-hydrogen) atoms. The maximum atomic E-state index is 12.3. The molecule has 1 saturated heterocycles. The maximum Gasteiger partial charge on any atom is 0.309 e. The summed E-state index contributed by atoms with van der Waals surface area (Å²) in [4.78, 5) is 35.7. The lowest BCUT2D eigenvalue weighted by Crippen LogP contribution is -2.61. The summed E-state index contributed by atoms with van der Waals surface area (Å²) in [7, 11) is 0. The molecular formula is C25H38O13. The van der Waals surface area contributed by atoms with Gasteiger partial charge in [0.1, 0.15) is 12.2 Å². The van der Waals surface area contributed by atoms with E-state index in [2.05, 4.69) is 0 Å². The fourth-order valence-corrected chi connectivity index (χ4v) is 5.18. The molecular weight excluding hydrogens is 508 g/mol. The van der Waals surface area contributed by atoms with E-state index in [1.165, 1.54) is 13.2 Å². The number of ether oxygens (including phenoxy) is 6. The average Bonchev–Trinajstić information content (AvgIpc) is 3.04. The van der Waals surface area contributed by atoms with E-state index < -0.39 is 85.1 Å². The molecule has 13 heteroatoms. The SMILES string of the molecule is CC(=O)O[C@H]1[C@H](OCC2=CO[C@@H](OC(=O)CC(C)C)[C@H]3[C@@H]2C[C@H](O)[C@@]3(C)O)O[C@H](CO)[C@@H](O)[C@@H]1OC(C)=O. The van der Waals surface area contributed by atoms with Gasteiger partial charge in [-0.25, -0.2) is 0 Å². The zero-order valence-electron chi connectivity index (χ0n) is 22.1. The maximum absolute atomic E-state index is 12.3. The Morgan fingerprint density at radius 1 is 1.08 bits per heavy atom. The second-order valence-electron chi connectivity index (χ2n) is 10.6. The van der Waals surface area contributed by atoms with Crippen LogP contribution in [-0.4, -0.2) is 100 Å². The highest BCUT2D eigenvalue weighted by molar-refractivity contribution is 5.69. The van der Waals surface area contributed by atoms with E-state index in [-0.39, 0.29) is 25.4 Å². The van der Waals surface area contributed by atoms with Gasteiger partial charge in [0.25, 0.3) is 0 Å². The lowest BCUT2D eigenvalue weighted by Gasteiger charge is -2.43. The highest BCUT2D eigenvalue weighted by atomic mass is 16.7. The van der Waals surface area contributed by atoms with Crippen molar-refractivity contribution in [1.82, 2.24) is 0 Å². The van der Waals surface area contributed by atoms with Crippen LogP contribution in [0, 0.1) is 17.8 Å². The van der Waals surface area contributed by atoms with Crippen molar-refractivity contribution in [2.24, 2.45) is 17.8 Å². The molecule has 3 rings (SSSR count). The van der Waals surface area contributed by atoms with E-state index in [9.17, 15) is 34.8 Å². The Kier molecular flexibility index (Phi) is 9.76. The monoisotopic (exact) mass is 546 g/mol. The van der Waals surface area contributed by atoms with E-state index in [0.717, 1.165) is 13.8 Å². The first-order chi connectivity index (χ1) is 17.8. The number of hydrogen-bond donors (Lipinski definition) is 4. The van der Waals surface area contributed by atoms with E-state index in [1.54, 1.807) is 0 Å². The van der Waals surface area contributed by atoms with Crippen molar-refractivity contribution in [3.8, 4) is 0 Å². The van der Waals surface area contributed by atoms with Gasteiger partial charge in [-0.15, -0.1) is 0 Å². The van der Waals surface area contributed by atoms with Crippen LogP contribution in [0.4, 0.5) is 0 Å². The Balaban J connectivity index is 1.81. The second-order valence-corrected chi connectivity index (χ2v) is 10.6. The Bertz CT molecular complexity index is 900. The molecule has 10 atom stereocenters. The van der Waals surface area contributed by atoms with Gasteiger partial charge in [0.2, 0.25) is 6.29 Å². The van der Waals surface area contributed by atoms with E-state index in [0.29, 0.717) is 5.57 Å². The topological polar surface area (TPSA) is 188 Å². The van der Waals surface area contributed by atoms with Gasteiger partial charge >= 0.3 is 17.9 Å². The first kappa shape index (κ1) is 30.3. The molecule has 0 unspecified atom stereocenters. The van der Waals surface area contributed by atoms with Crippen LogP contribution in [0.15, 0.2) is 11.8 Å². The Labute approximate surface area is 220 Å². The van der Waals surface area contributed by atoms with Crippen molar-refractivity contribution >= 4 is 17.9 Å². The van der Waals surface area contributed by atoms with Gasteiger partial charge in [0.15, 0.2) is 18.5 Å². The van der Waals surface area contributed by atoms with Crippen molar-refractivity contribution in [3.63, 3.8) is 0 Å². The summed E-state index contributed by atoms with van der Waals surface area (Å²) in [5, 5.41) is 41.8. The summed E-state index contributed by atoms with van der Waals surface area (Å²) in [5.74, 6) is -3.28. The molecule has 3 aliphatic rings. The smallest absolute Gasteiger partial charge is 0.309 e. The molecule has 216 valence electrons. The molecule has 0 amide bonds. The standard InChI is InChI=1S/C25H38O13/c1-11(2)6-18(30)38-23-19-15(7-17(29)25(19,5)32)14(9-33-23)10-34-24-22(36-13(4)28)21(35-12(3)27)20(31)16(8-26)37-24/h9,11,15-17,19-24,26,29,31-32H,6-8,10H2,1-5H3/t15-,16-,17+,19-,20-,21+,22-,23+,24-,25-/m1/s1. The number of rotatable bonds is 9. The highest BCUT2D eigenvalue weighted by Gasteiger charge is 2.58. The van der Waals surface area contributed by atoms with Crippen LogP contribution >= 0.6 is 0 Å². The van der Waals surface area contributed by atoms with Gasteiger partial charge in [-0.05, 0) is 24.8 Å². The molecule has 0 aromatic carbocycles. The van der Waals surface area contributed by atoms with Gasteiger partial charge in [-0.1, -0.05) is 13.8 Å². The van der Waals surface area contributed by atoms with Gasteiger partial charge < -0.3 is 48.8 Å². The summed E-state index contributed by atoms with van der Waals surface area (Å²) >= 11 is 0. The first-order valence-electron chi connectivity index (χ1n) is 12.6. The van der Waals surface area contributed by atoms with Crippen molar-refractivity contribution < 1.29 is 63.2 Å². The zero-order valence-corrected chi connectivity index (χ0v) is 22.1. The van der Waals surface area contributed by atoms with Crippen molar-refractivity contribution in [3.05, 3.63) is 11.8 Å². The molecule has 0 aromatic heterocycles. The van der Waals surface area contributed by atoms with Crippen LogP contribution in [0.1, 0.15) is 47.5 Å². The normalized spacial score (nSPS) is 38.6. The number of carbonyl (C=O) groups excluding carboxylic acids is 3. The Morgan fingerprint density at radius 2 is 1.71 bits per heavy atom. The summed E-state index contributed by atoms with van der Waals surface area (Å²) in [6.45, 7) is 6.55. The van der Waals surface area contributed by atoms with E-state index in [1.807, 2.05) is 13.8 Å². The number of carbonyl (C=O) groups is 3. The third-order valence-electron chi connectivity index (χ3n) is 7.02. The number of aliphatic hydroxyl groups is 4. The quantitative estimate of drug-likeness (QED) is 0.215. The molecule has 1 saturated carbocycles. The summed E-state index contributed by atoms with van der Waals surface area (Å²) in [6, 6.07) is 0. The number of aliphatic hydroxyl groups excluding tert-OH is 3. The number of esters is 3. The van der Waals surface area contributed by atoms with Crippen LogP contribution in [0.5, 0.6) is 0 Å². The van der Waals surface area contributed by atoms with Crippen molar-refractivity contribution in [1.29, 1.82) is 0 Å². The second kappa shape index (κ2) is 12.3. The van der Waals surface area contributed by atoms with Crippen LogP contribution in [-0.2, 0) is 42.8 Å². The minimum atomic E-state index is -1.64. The molecule has 0 radical (unpaired) electrons. The molecule has 2 fully saturated rings. The fraction of sp³-hybridized carbons (Fsp3) is 0.800. The van der Waals surface area contributed by atoms with Crippen molar-refractivity contribution in [2.45, 2.75) is 96.2 Å². The summed E-state index contributed by atoms with van der Waals surface area (Å²) < 4.78 is 33.1. The summed E-state index contributed by atoms with van der Waals surface area (Å²) in [5.41, 5.74) is -1.15. The minimum Gasteiger partial charge on any atom is -0.462 e. The van der Waals surface area contributed by atoms with Crippen molar-refractivity contribution in [2.75, 3.05) is 13.2 Å².